The molecule has 1 aromatic heterocycles. The van der Waals surface area contributed by atoms with Crippen LogP contribution in [0.2, 0.25) is 0 Å². The number of rotatable bonds is 5. The molecule has 0 saturated carbocycles. The Morgan fingerprint density at radius 1 is 0.731 bits per heavy atom. The summed E-state index contributed by atoms with van der Waals surface area (Å²) in [7, 11) is 3.27. The summed E-state index contributed by atoms with van der Waals surface area (Å²) in [5, 5.41) is 8.67. The van der Waals surface area contributed by atoms with Crippen molar-refractivity contribution in [3.8, 4) is 34.0 Å². The largest absolute Gasteiger partial charge is 0.497 e. The monoisotopic (exact) mass is 350 g/mol. The highest BCUT2D eigenvalue weighted by atomic mass is 16.5. The van der Waals surface area contributed by atoms with E-state index in [1.165, 1.54) is 0 Å². The van der Waals surface area contributed by atoms with Crippen LogP contribution in [0.3, 0.4) is 0 Å². The van der Waals surface area contributed by atoms with Crippen LogP contribution >= 0.6 is 0 Å². The Morgan fingerprint density at radius 2 is 1.19 bits per heavy atom. The molecule has 6 heteroatoms. The predicted octanol–water partition coefficient (Wildman–Crippen LogP) is 3.42. The van der Waals surface area contributed by atoms with Crippen molar-refractivity contribution < 1.29 is 9.47 Å². The molecule has 6 nitrogen and oxygen atoms in total. The van der Waals surface area contributed by atoms with Crippen molar-refractivity contribution in [2.75, 3.05) is 14.2 Å². The van der Waals surface area contributed by atoms with Crippen LogP contribution < -0.4 is 15.2 Å². The van der Waals surface area contributed by atoms with E-state index < -0.39 is 5.54 Å². The van der Waals surface area contributed by atoms with E-state index in [2.05, 4.69) is 10.2 Å². The van der Waals surface area contributed by atoms with Gasteiger partial charge < -0.3 is 15.2 Å². The Hall–Kier alpha value is -2.99. The van der Waals surface area contributed by atoms with Gasteiger partial charge in [-0.15, -0.1) is 10.2 Å². The van der Waals surface area contributed by atoms with Crippen LogP contribution in [-0.2, 0) is 5.54 Å². The van der Waals surface area contributed by atoms with E-state index in [9.17, 15) is 0 Å². The minimum absolute atomic E-state index is 0.487. The molecule has 0 saturated heterocycles. The summed E-state index contributed by atoms with van der Waals surface area (Å²) in [5.41, 5.74) is 8.71. The third kappa shape index (κ3) is 3.65. The maximum atomic E-state index is 6.17. The molecule has 0 radical (unpaired) electrons. The molecule has 0 atom stereocenters. The van der Waals surface area contributed by atoms with Gasteiger partial charge in [0.05, 0.1) is 19.8 Å². The summed E-state index contributed by atoms with van der Waals surface area (Å²) in [6.45, 7) is 3.71. The molecule has 2 N–H and O–H groups in total. The summed E-state index contributed by atoms with van der Waals surface area (Å²) >= 11 is 0. The van der Waals surface area contributed by atoms with Gasteiger partial charge in [0, 0.05) is 11.1 Å². The number of hydrogen-bond donors (Lipinski definition) is 1. The zero-order chi connectivity index (χ0) is 18.7. The zero-order valence-electron chi connectivity index (χ0n) is 15.4. The average molecular weight is 350 g/mol. The molecule has 3 aromatic rings. The molecule has 0 bridgehead atoms. The predicted molar refractivity (Wildman–Crippen MR) is 101 cm³/mol. The molecule has 0 unspecified atom stereocenters. The molecule has 0 amide bonds. The van der Waals surface area contributed by atoms with Gasteiger partial charge in [-0.2, -0.15) is 0 Å². The van der Waals surface area contributed by atoms with Gasteiger partial charge in [0.15, 0.2) is 5.82 Å². The third-order valence-electron chi connectivity index (χ3n) is 3.99. The molecule has 1 heterocycles. The van der Waals surface area contributed by atoms with Crippen molar-refractivity contribution in [1.82, 2.24) is 15.2 Å². The van der Waals surface area contributed by atoms with Gasteiger partial charge in [-0.1, -0.05) is 0 Å². The van der Waals surface area contributed by atoms with Crippen molar-refractivity contribution in [2.45, 2.75) is 19.4 Å². The molecule has 26 heavy (non-hydrogen) atoms. The highest BCUT2D eigenvalue weighted by molar-refractivity contribution is 5.78. The van der Waals surface area contributed by atoms with Gasteiger partial charge in [0.25, 0.3) is 0 Å². The van der Waals surface area contributed by atoms with Crippen molar-refractivity contribution >= 4 is 0 Å². The molecule has 3 rings (SSSR count). The second-order valence-electron chi connectivity index (χ2n) is 6.51. The summed E-state index contributed by atoms with van der Waals surface area (Å²) in [5.74, 6) is 2.04. The molecule has 0 aliphatic carbocycles. The average Bonchev–Trinajstić information content (AvgIpc) is 2.67. The lowest BCUT2D eigenvalue weighted by atomic mass is 10.0. The molecular weight excluding hydrogens is 328 g/mol. The number of benzene rings is 2. The minimum Gasteiger partial charge on any atom is -0.497 e. The number of nitrogens with zero attached hydrogens (tertiary/aromatic N) is 3. The zero-order valence-corrected chi connectivity index (χ0v) is 15.4. The van der Waals surface area contributed by atoms with Crippen molar-refractivity contribution in [3.05, 3.63) is 54.4 Å². The second-order valence-corrected chi connectivity index (χ2v) is 6.51. The van der Waals surface area contributed by atoms with Crippen LogP contribution in [0.1, 0.15) is 19.7 Å². The fraction of sp³-hybridized carbons (Fsp3) is 0.250. The number of nitrogens with two attached hydrogens (primary N) is 1. The summed E-state index contributed by atoms with van der Waals surface area (Å²) in [6.07, 6.45) is 0. The Morgan fingerprint density at radius 3 is 1.62 bits per heavy atom. The lowest BCUT2D eigenvalue weighted by molar-refractivity contribution is 0.414. The van der Waals surface area contributed by atoms with Crippen LogP contribution in [0.5, 0.6) is 11.5 Å². The van der Waals surface area contributed by atoms with Crippen molar-refractivity contribution in [1.29, 1.82) is 0 Å². The second kappa shape index (κ2) is 7.09. The SMILES string of the molecule is COc1ccc(-c2nnc(C(C)(C)N)nc2-c2ccc(OC)cc2)cc1. The standard InChI is InChI=1S/C20H22N4O2/c1-20(2,21)19-22-17(13-5-9-15(25-3)10-6-13)18(23-24-19)14-7-11-16(26-4)12-8-14/h5-12H,21H2,1-4H3. The first kappa shape index (κ1) is 17.8. The smallest absolute Gasteiger partial charge is 0.170 e. The fourth-order valence-electron chi connectivity index (χ4n) is 2.49. The minimum atomic E-state index is -0.688. The van der Waals surface area contributed by atoms with Gasteiger partial charge in [0.1, 0.15) is 22.9 Å². The Labute approximate surface area is 153 Å². The topological polar surface area (TPSA) is 83.2 Å². The van der Waals surface area contributed by atoms with Crippen LogP contribution in [0.15, 0.2) is 48.5 Å². The Bertz CT molecular complexity index is 885. The van der Waals surface area contributed by atoms with Crippen LogP contribution in [0, 0.1) is 0 Å². The number of hydrogen-bond acceptors (Lipinski definition) is 6. The molecule has 0 aliphatic heterocycles. The van der Waals surface area contributed by atoms with Crippen molar-refractivity contribution in [3.63, 3.8) is 0 Å². The maximum Gasteiger partial charge on any atom is 0.170 e. The Balaban J connectivity index is 2.15. The lowest BCUT2D eigenvalue weighted by Gasteiger charge is -2.18. The molecule has 0 fully saturated rings. The molecule has 2 aromatic carbocycles. The fourth-order valence-corrected chi connectivity index (χ4v) is 2.49. The molecule has 0 aliphatic rings. The quantitative estimate of drug-likeness (QED) is 0.759. The lowest BCUT2D eigenvalue weighted by Crippen LogP contribution is -2.32. The normalized spacial score (nSPS) is 11.3. The van der Waals surface area contributed by atoms with Gasteiger partial charge in [-0.3, -0.25) is 0 Å². The van der Waals surface area contributed by atoms with Gasteiger partial charge in [-0.25, -0.2) is 4.98 Å². The van der Waals surface area contributed by atoms with Crippen LogP contribution in [0.25, 0.3) is 22.5 Å². The van der Waals surface area contributed by atoms with Gasteiger partial charge >= 0.3 is 0 Å². The van der Waals surface area contributed by atoms with Gasteiger partial charge in [0.2, 0.25) is 0 Å². The number of aromatic nitrogens is 3. The van der Waals surface area contributed by atoms with E-state index in [0.717, 1.165) is 28.3 Å². The van der Waals surface area contributed by atoms with Crippen LogP contribution in [-0.4, -0.2) is 29.4 Å². The van der Waals surface area contributed by atoms with Gasteiger partial charge in [-0.05, 0) is 62.4 Å². The van der Waals surface area contributed by atoms with E-state index >= 15 is 0 Å². The first-order valence-corrected chi connectivity index (χ1v) is 8.25. The van der Waals surface area contributed by atoms with E-state index in [1.54, 1.807) is 14.2 Å². The highest BCUT2D eigenvalue weighted by Gasteiger charge is 2.22. The summed E-state index contributed by atoms with van der Waals surface area (Å²) in [6, 6.07) is 15.3. The third-order valence-corrected chi connectivity index (χ3v) is 3.99. The van der Waals surface area contributed by atoms with E-state index in [4.69, 9.17) is 20.2 Å². The molecular formula is C20H22N4O2. The van der Waals surface area contributed by atoms with Crippen molar-refractivity contribution in [2.24, 2.45) is 5.73 Å². The van der Waals surface area contributed by atoms with E-state index in [1.807, 2.05) is 62.4 Å². The summed E-state index contributed by atoms with van der Waals surface area (Å²) < 4.78 is 10.5. The first-order valence-electron chi connectivity index (χ1n) is 8.25. The Kier molecular flexibility index (Phi) is 4.86. The number of methoxy groups -OCH3 is 2. The first-order chi connectivity index (χ1) is 12.4. The summed E-state index contributed by atoms with van der Waals surface area (Å²) in [4.78, 5) is 4.72. The molecule has 134 valence electrons. The maximum absolute atomic E-state index is 6.17. The number of ether oxygens (including phenoxy) is 2. The molecule has 0 spiro atoms. The highest BCUT2D eigenvalue weighted by Crippen LogP contribution is 2.31. The van der Waals surface area contributed by atoms with E-state index in [0.29, 0.717) is 11.5 Å². The van der Waals surface area contributed by atoms with E-state index in [-0.39, 0.29) is 0 Å². The van der Waals surface area contributed by atoms with Crippen LogP contribution in [0.4, 0.5) is 0 Å².